The van der Waals surface area contributed by atoms with Crippen molar-refractivity contribution in [3.05, 3.63) is 65.7 Å². The van der Waals surface area contributed by atoms with E-state index in [1.165, 1.54) is 6.26 Å². The molecule has 0 amide bonds. The van der Waals surface area contributed by atoms with Gasteiger partial charge in [0.1, 0.15) is 4.33 Å². The maximum atomic E-state index is 11.5. The summed E-state index contributed by atoms with van der Waals surface area (Å²) in [4.78, 5) is 0.284. The van der Waals surface area contributed by atoms with Crippen LogP contribution in [0.1, 0.15) is 17.5 Å². The Bertz CT molecular complexity index is 836. The Kier molecular flexibility index (Phi) is 3.84. The Morgan fingerprint density at radius 1 is 0.909 bits per heavy atom. The molecule has 0 atom stereocenters. The summed E-state index contributed by atoms with van der Waals surface area (Å²) in [5.41, 5.74) is 3.88. The zero-order valence-electron chi connectivity index (χ0n) is 11.9. The Morgan fingerprint density at radius 2 is 1.50 bits per heavy atom. The number of halogens is 2. The summed E-state index contributed by atoms with van der Waals surface area (Å²) < 4.78 is 22.2. The van der Waals surface area contributed by atoms with Gasteiger partial charge in [0.2, 0.25) is 0 Å². The van der Waals surface area contributed by atoms with Gasteiger partial charge >= 0.3 is 0 Å². The lowest BCUT2D eigenvalue weighted by atomic mass is 9.79. The summed E-state index contributed by atoms with van der Waals surface area (Å²) >= 11 is 12.7. The molecule has 0 saturated carbocycles. The van der Waals surface area contributed by atoms with Crippen molar-refractivity contribution >= 4 is 44.2 Å². The molecule has 3 rings (SSSR count). The molecule has 2 aromatic rings. The molecule has 1 aliphatic rings. The molecule has 0 bridgehead atoms. The largest absolute Gasteiger partial charge is 0.224 e. The number of allylic oxidation sites excluding steroid dienone is 2. The average Bonchev–Trinajstić information content (AvgIpc) is 2.45. The molecule has 1 aliphatic carbocycles. The van der Waals surface area contributed by atoms with E-state index in [1.54, 1.807) is 24.3 Å². The van der Waals surface area contributed by atoms with Gasteiger partial charge in [-0.25, -0.2) is 8.42 Å². The first-order valence-corrected chi connectivity index (χ1v) is 9.41. The van der Waals surface area contributed by atoms with Crippen molar-refractivity contribution in [3.8, 4) is 0 Å². The van der Waals surface area contributed by atoms with Gasteiger partial charge in [-0.2, -0.15) is 0 Å². The predicted octanol–water partition coefficient (Wildman–Crippen LogP) is 4.58. The molecular formula is C17H14Cl2O2S. The molecule has 0 spiro atoms. The van der Waals surface area contributed by atoms with Crippen molar-refractivity contribution < 1.29 is 8.42 Å². The number of hydrogen-bond acceptors (Lipinski definition) is 2. The number of benzene rings is 2. The van der Waals surface area contributed by atoms with Crippen molar-refractivity contribution in [2.24, 2.45) is 0 Å². The van der Waals surface area contributed by atoms with Crippen LogP contribution in [0.3, 0.4) is 0 Å². The smallest absolute Gasteiger partial charge is 0.175 e. The van der Waals surface area contributed by atoms with Crippen LogP contribution in [0, 0.1) is 0 Å². The highest BCUT2D eigenvalue weighted by atomic mass is 35.5. The topological polar surface area (TPSA) is 34.1 Å². The highest BCUT2D eigenvalue weighted by Crippen LogP contribution is 2.56. The average molecular weight is 353 g/mol. The first-order valence-electron chi connectivity index (χ1n) is 6.76. The van der Waals surface area contributed by atoms with E-state index in [1.807, 2.05) is 30.3 Å². The maximum Gasteiger partial charge on any atom is 0.175 e. The Labute approximate surface area is 140 Å². The highest BCUT2D eigenvalue weighted by Gasteiger charge is 2.42. The zero-order valence-corrected chi connectivity index (χ0v) is 14.2. The third-order valence-electron chi connectivity index (χ3n) is 3.76. The normalized spacial score (nSPS) is 17.2. The molecule has 0 aromatic heterocycles. The van der Waals surface area contributed by atoms with Crippen LogP contribution in [0.4, 0.5) is 0 Å². The Balaban J connectivity index is 2.08. The summed E-state index contributed by atoms with van der Waals surface area (Å²) in [6, 6.07) is 16.6. The second-order valence-corrected chi connectivity index (χ2v) is 8.90. The molecule has 5 heteroatoms. The molecule has 22 heavy (non-hydrogen) atoms. The summed E-state index contributed by atoms with van der Waals surface area (Å²) in [6.45, 7) is 0. The minimum Gasteiger partial charge on any atom is -0.224 e. The fraction of sp³-hybridized carbons (Fsp3) is 0.176. The number of sulfone groups is 1. The Hall–Kier alpha value is -1.29. The van der Waals surface area contributed by atoms with Crippen LogP contribution >= 0.6 is 23.2 Å². The first-order chi connectivity index (χ1) is 10.3. The van der Waals surface area contributed by atoms with Crippen molar-refractivity contribution in [2.75, 3.05) is 6.26 Å². The third kappa shape index (κ3) is 2.81. The second kappa shape index (κ2) is 5.41. The van der Waals surface area contributed by atoms with Gasteiger partial charge in [-0.3, -0.25) is 0 Å². The van der Waals surface area contributed by atoms with Gasteiger partial charge in [0.25, 0.3) is 0 Å². The summed E-state index contributed by atoms with van der Waals surface area (Å²) in [7, 11) is -3.21. The maximum absolute atomic E-state index is 11.5. The molecule has 0 aliphatic heterocycles. The molecule has 0 heterocycles. The number of hydrogen-bond donors (Lipinski definition) is 0. The predicted molar refractivity (Wildman–Crippen MR) is 91.9 cm³/mol. The molecule has 114 valence electrons. The van der Waals surface area contributed by atoms with Gasteiger partial charge in [0, 0.05) is 12.7 Å². The molecule has 0 fully saturated rings. The summed E-state index contributed by atoms with van der Waals surface area (Å²) in [5, 5.41) is 0. The third-order valence-corrected chi connectivity index (χ3v) is 5.53. The number of alkyl halides is 2. The van der Waals surface area contributed by atoms with Gasteiger partial charge < -0.3 is 0 Å². The molecular weight excluding hydrogens is 339 g/mol. The van der Waals surface area contributed by atoms with Gasteiger partial charge in [-0.15, -0.1) is 0 Å². The monoisotopic (exact) mass is 352 g/mol. The summed E-state index contributed by atoms with van der Waals surface area (Å²) in [6.07, 6.45) is 1.76. The SMILES string of the molecule is CS(=O)(=O)c1ccc(C2=C(c3ccccc3)CC2(Cl)Cl)cc1. The molecule has 0 unspecified atom stereocenters. The summed E-state index contributed by atoms with van der Waals surface area (Å²) in [5.74, 6) is 0. The lowest BCUT2D eigenvalue weighted by Crippen LogP contribution is -2.27. The lowest BCUT2D eigenvalue weighted by molar-refractivity contribution is 0.602. The van der Waals surface area contributed by atoms with E-state index in [2.05, 4.69) is 0 Å². The van der Waals surface area contributed by atoms with E-state index < -0.39 is 14.2 Å². The minimum atomic E-state index is -3.21. The van der Waals surface area contributed by atoms with Crippen LogP contribution in [0.25, 0.3) is 11.1 Å². The van der Waals surface area contributed by atoms with E-state index in [-0.39, 0.29) is 4.90 Å². The molecule has 0 radical (unpaired) electrons. The van der Waals surface area contributed by atoms with E-state index in [0.29, 0.717) is 6.42 Å². The van der Waals surface area contributed by atoms with Crippen LogP contribution in [0.15, 0.2) is 59.5 Å². The van der Waals surface area contributed by atoms with Gasteiger partial charge in [0.15, 0.2) is 9.84 Å². The fourth-order valence-electron chi connectivity index (χ4n) is 2.65. The van der Waals surface area contributed by atoms with Crippen molar-refractivity contribution in [2.45, 2.75) is 15.6 Å². The van der Waals surface area contributed by atoms with E-state index in [0.717, 1.165) is 22.3 Å². The zero-order chi connectivity index (χ0) is 16.0. The van der Waals surface area contributed by atoms with E-state index in [4.69, 9.17) is 23.2 Å². The number of rotatable bonds is 3. The molecule has 2 aromatic carbocycles. The van der Waals surface area contributed by atoms with Gasteiger partial charge in [0.05, 0.1) is 4.90 Å². The van der Waals surface area contributed by atoms with Gasteiger partial charge in [-0.1, -0.05) is 65.7 Å². The van der Waals surface area contributed by atoms with E-state index in [9.17, 15) is 8.42 Å². The minimum absolute atomic E-state index is 0.284. The molecule has 0 saturated heterocycles. The lowest BCUT2D eigenvalue weighted by Gasteiger charge is -2.37. The van der Waals surface area contributed by atoms with Crippen molar-refractivity contribution in [1.29, 1.82) is 0 Å². The first kappa shape index (κ1) is 15.6. The van der Waals surface area contributed by atoms with Crippen LogP contribution in [0.5, 0.6) is 0 Å². The quantitative estimate of drug-likeness (QED) is 0.757. The van der Waals surface area contributed by atoms with Gasteiger partial charge in [-0.05, 0) is 34.4 Å². The molecule has 0 N–H and O–H groups in total. The Morgan fingerprint density at radius 3 is 2.00 bits per heavy atom. The fourth-order valence-corrected chi connectivity index (χ4v) is 4.00. The standard InChI is InChI=1S/C17H14Cl2O2S/c1-22(20,21)14-9-7-13(8-10-14)16-15(11-17(16,18)19)12-5-3-2-4-6-12/h2-10H,11H2,1H3. The van der Waals surface area contributed by atoms with Crippen LogP contribution in [-0.4, -0.2) is 19.0 Å². The van der Waals surface area contributed by atoms with Crippen LogP contribution < -0.4 is 0 Å². The van der Waals surface area contributed by atoms with Crippen LogP contribution in [-0.2, 0) is 9.84 Å². The van der Waals surface area contributed by atoms with Crippen molar-refractivity contribution in [1.82, 2.24) is 0 Å². The van der Waals surface area contributed by atoms with Crippen molar-refractivity contribution in [3.63, 3.8) is 0 Å². The second-order valence-electron chi connectivity index (χ2n) is 5.40. The molecule has 2 nitrogen and oxygen atoms in total. The van der Waals surface area contributed by atoms with E-state index >= 15 is 0 Å². The highest BCUT2D eigenvalue weighted by molar-refractivity contribution is 7.90. The van der Waals surface area contributed by atoms with Crippen LogP contribution in [0.2, 0.25) is 0 Å².